The minimum absolute atomic E-state index is 0.490. The van der Waals surface area contributed by atoms with Crippen LogP contribution in [0.3, 0.4) is 0 Å². The average molecular weight is 152 g/mol. The minimum atomic E-state index is -0.998. The minimum Gasteiger partial charge on any atom is -0.258 e. The van der Waals surface area contributed by atoms with Crippen molar-refractivity contribution >= 4 is 5.69 Å². The van der Waals surface area contributed by atoms with Gasteiger partial charge in [0, 0.05) is 12.1 Å². The van der Waals surface area contributed by atoms with E-state index in [1.54, 1.807) is 0 Å². The molecule has 54 valence electrons. The van der Waals surface area contributed by atoms with Crippen molar-refractivity contribution in [3.05, 3.63) is 39.8 Å². The zero-order valence-corrected chi connectivity index (χ0v) is 5.21. The summed E-state index contributed by atoms with van der Waals surface area (Å²) in [7, 11) is 0. The molecule has 0 heterocycles. The summed E-state index contributed by atoms with van der Waals surface area (Å²) >= 11 is 0. The Balaban J connectivity index is 3.76. The van der Waals surface area contributed by atoms with Crippen LogP contribution in [0.15, 0.2) is 24.2 Å². The second-order valence-corrected chi connectivity index (χ2v) is 1.59. The summed E-state index contributed by atoms with van der Waals surface area (Å²) in [5, 5.41) is 19.0. The molecule has 0 radical (unpaired) electrons. The molecule has 0 fully saturated rings. The highest BCUT2D eigenvalue weighted by Gasteiger charge is 2.02. The summed E-state index contributed by atoms with van der Waals surface area (Å²) in [6.45, 7) is 0. The van der Waals surface area contributed by atoms with Crippen molar-refractivity contribution in [1.82, 2.24) is 0 Å². The molecule has 0 bridgehead atoms. The van der Waals surface area contributed by atoms with E-state index in [4.69, 9.17) is 10.7 Å². The summed E-state index contributed by atoms with van der Waals surface area (Å²) in [6.07, 6.45) is 0. The molecule has 0 unspecified atom stereocenters. The van der Waals surface area contributed by atoms with Gasteiger partial charge in [0.1, 0.15) is 0 Å². The Morgan fingerprint density at radius 3 is 2.45 bits per heavy atom. The zero-order valence-electron chi connectivity index (χ0n) is 9.21. The SMILES string of the molecule is [2H]c1c([2H])c([N+](=O)[O-])c([2H])c([2H])c1C#N. The third kappa shape index (κ3) is 1.52. The highest BCUT2D eigenvalue weighted by Crippen LogP contribution is 2.10. The van der Waals surface area contributed by atoms with Crippen LogP contribution in [0.2, 0.25) is 0 Å². The van der Waals surface area contributed by atoms with Gasteiger partial charge in [-0.2, -0.15) is 5.26 Å². The van der Waals surface area contributed by atoms with Gasteiger partial charge in [0.2, 0.25) is 0 Å². The number of nitriles is 1. The lowest BCUT2D eigenvalue weighted by Crippen LogP contribution is -1.86. The summed E-state index contributed by atoms with van der Waals surface area (Å²) in [4.78, 5) is 9.46. The molecule has 11 heavy (non-hydrogen) atoms. The lowest BCUT2D eigenvalue weighted by atomic mass is 10.2. The van der Waals surface area contributed by atoms with Crippen LogP contribution in [0.1, 0.15) is 11.0 Å². The molecule has 0 saturated carbocycles. The van der Waals surface area contributed by atoms with E-state index in [0.717, 1.165) is 0 Å². The Labute approximate surface area is 68.5 Å². The average Bonchev–Trinajstić information content (AvgIpc) is 2.16. The van der Waals surface area contributed by atoms with Gasteiger partial charge in [-0.3, -0.25) is 10.1 Å². The summed E-state index contributed by atoms with van der Waals surface area (Å²) in [5.41, 5.74) is -1.40. The number of hydrogen-bond acceptors (Lipinski definition) is 3. The Kier molecular flexibility index (Phi) is 0.886. The van der Waals surface area contributed by atoms with Crippen LogP contribution in [0, 0.1) is 21.4 Å². The molecule has 0 aliphatic carbocycles. The molecule has 0 spiro atoms. The van der Waals surface area contributed by atoms with E-state index in [0.29, 0.717) is 0 Å². The van der Waals surface area contributed by atoms with Gasteiger partial charge in [-0.15, -0.1) is 0 Å². The van der Waals surface area contributed by atoms with Crippen molar-refractivity contribution in [2.45, 2.75) is 0 Å². The van der Waals surface area contributed by atoms with Crippen LogP contribution in [0.4, 0.5) is 5.69 Å². The molecular weight excluding hydrogens is 144 g/mol. The van der Waals surface area contributed by atoms with Crippen LogP contribution in [-0.4, -0.2) is 4.92 Å². The Bertz CT molecular complexity index is 466. The second kappa shape index (κ2) is 2.80. The van der Waals surface area contributed by atoms with Crippen LogP contribution >= 0.6 is 0 Å². The van der Waals surface area contributed by atoms with Gasteiger partial charge in [-0.05, 0) is 12.1 Å². The lowest BCUT2D eigenvalue weighted by Gasteiger charge is -1.88. The Hall–Kier alpha value is -1.89. The van der Waals surface area contributed by atoms with Crippen molar-refractivity contribution in [3.8, 4) is 6.07 Å². The van der Waals surface area contributed by atoms with Gasteiger partial charge >= 0.3 is 0 Å². The van der Waals surface area contributed by atoms with Crippen molar-refractivity contribution in [2.75, 3.05) is 0 Å². The summed E-state index contributed by atoms with van der Waals surface area (Å²) in [5.74, 6) is 0. The largest absolute Gasteiger partial charge is 0.269 e. The molecule has 0 aliphatic heterocycles. The maximum absolute atomic E-state index is 10.5. The van der Waals surface area contributed by atoms with Crippen LogP contribution in [-0.2, 0) is 0 Å². The molecule has 1 aromatic rings. The second-order valence-electron chi connectivity index (χ2n) is 1.59. The number of benzene rings is 1. The van der Waals surface area contributed by atoms with E-state index >= 15 is 0 Å². The fourth-order valence-corrected chi connectivity index (χ4v) is 0.453. The molecule has 0 aromatic heterocycles. The van der Waals surface area contributed by atoms with E-state index in [1.165, 1.54) is 6.07 Å². The van der Waals surface area contributed by atoms with Crippen LogP contribution in [0.5, 0.6) is 0 Å². The molecule has 0 N–H and O–H groups in total. The summed E-state index contributed by atoms with van der Waals surface area (Å²) < 4.78 is 28.9. The van der Waals surface area contributed by atoms with Gasteiger partial charge in [-0.1, -0.05) is 0 Å². The van der Waals surface area contributed by atoms with Gasteiger partial charge in [0.15, 0.2) is 0 Å². The highest BCUT2D eigenvalue weighted by atomic mass is 16.6. The van der Waals surface area contributed by atoms with Gasteiger partial charge in [-0.25, -0.2) is 0 Å². The number of hydrogen-bond donors (Lipinski definition) is 0. The van der Waals surface area contributed by atoms with Crippen molar-refractivity contribution in [1.29, 1.82) is 5.26 Å². The zero-order chi connectivity index (χ0) is 11.7. The third-order valence-corrected chi connectivity index (χ3v) is 0.906. The molecule has 0 saturated heterocycles. The first-order chi connectivity index (χ1) is 6.91. The van der Waals surface area contributed by atoms with E-state index in [9.17, 15) is 10.1 Å². The maximum Gasteiger partial charge on any atom is 0.269 e. The Morgan fingerprint density at radius 2 is 2.09 bits per heavy atom. The molecule has 4 nitrogen and oxygen atoms in total. The molecule has 0 aliphatic rings. The molecule has 4 heteroatoms. The third-order valence-electron chi connectivity index (χ3n) is 0.906. The van der Waals surface area contributed by atoms with E-state index in [1.807, 2.05) is 0 Å². The smallest absolute Gasteiger partial charge is 0.258 e. The standard InChI is InChI=1S/C7H4N2O2/c8-5-6-1-3-7(4-2-6)9(10)11/h1-4H/i1D,2D,3D,4D. The molecule has 0 amide bonds. The van der Waals surface area contributed by atoms with Gasteiger partial charge in [0.05, 0.1) is 22.0 Å². The topological polar surface area (TPSA) is 66.9 Å². The van der Waals surface area contributed by atoms with Gasteiger partial charge in [0.25, 0.3) is 5.69 Å². The van der Waals surface area contributed by atoms with E-state index in [2.05, 4.69) is 0 Å². The molecule has 1 rings (SSSR count). The number of nitro benzene ring substituents is 1. The van der Waals surface area contributed by atoms with Crippen LogP contribution in [0.25, 0.3) is 0 Å². The van der Waals surface area contributed by atoms with Crippen molar-refractivity contribution in [3.63, 3.8) is 0 Å². The Morgan fingerprint density at radius 1 is 1.55 bits per heavy atom. The lowest BCUT2D eigenvalue weighted by molar-refractivity contribution is -0.384. The number of rotatable bonds is 1. The number of nitro groups is 1. The van der Waals surface area contributed by atoms with Crippen molar-refractivity contribution in [2.24, 2.45) is 0 Å². The van der Waals surface area contributed by atoms with Gasteiger partial charge < -0.3 is 0 Å². The van der Waals surface area contributed by atoms with E-state index < -0.39 is 40.3 Å². The molecule has 0 atom stereocenters. The highest BCUT2D eigenvalue weighted by molar-refractivity contribution is 5.38. The fraction of sp³-hybridized carbons (Fsp3) is 0. The quantitative estimate of drug-likeness (QED) is 0.452. The van der Waals surface area contributed by atoms with Crippen molar-refractivity contribution < 1.29 is 10.4 Å². The fourth-order valence-electron chi connectivity index (χ4n) is 0.453. The first-order valence-electron chi connectivity index (χ1n) is 4.56. The van der Waals surface area contributed by atoms with E-state index in [-0.39, 0.29) is 0 Å². The predicted molar refractivity (Wildman–Crippen MR) is 37.8 cm³/mol. The molecule has 1 aromatic carbocycles. The molecular formula is C7H4N2O2. The first-order valence-corrected chi connectivity index (χ1v) is 2.56. The summed E-state index contributed by atoms with van der Waals surface area (Å²) in [6, 6.07) is -1.52. The monoisotopic (exact) mass is 152 g/mol. The van der Waals surface area contributed by atoms with Crippen LogP contribution < -0.4 is 0 Å². The maximum atomic E-state index is 10.5. The normalized spacial score (nSPS) is 13.7. The number of nitrogens with zero attached hydrogens (tertiary/aromatic N) is 2. The predicted octanol–water partition coefficient (Wildman–Crippen LogP) is 1.47. The first kappa shape index (κ1) is 3.49.